The van der Waals surface area contributed by atoms with Crippen LogP contribution >= 0.6 is 12.4 Å². The number of carbonyl (C=O) groups excluding carboxylic acids is 1. The molecule has 0 saturated carbocycles. The highest BCUT2D eigenvalue weighted by Gasteiger charge is 2.29. The van der Waals surface area contributed by atoms with Gasteiger partial charge in [-0.3, -0.25) is 4.79 Å². The van der Waals surface area contributed by atoms with Gasteiger partial charge in [0.2, 0.25) is 15.9 Å². The molecule has 1 aliphatic heterocycles. The van der Waals surface area contributed by atoms with Gasteiger partial charge in [-0.15, -0.1) is 12.4 Å². The van der Waals surface area contributed by atoms with E-state index in [1.807, 2.05) is 13.8 Å². The van der Waals surface area contributed by atoms with Crippen molar-refractivity contribution < 1.29 is 13.2 Å². The van der Waals surface area contributed by atoms with Crippen molar-refractivity contribution in [2.24, 2.45) is 11.1 Å². The van der Waals surface area contributed by atoms with Crippen LogP contribution in [0.1, 0.15) is 26.3 Å². The van der Waals surface area contributed by atoms with Gasteiger partial charge in [-0.05, 0) is 42.1 Å². The molecule has 1 heterocycles. The molecule has 0 saturated heterocycles. The first-order valence-corrected chi connectivity index (χ1v) is 9.10. The fourth-order valence-corrected chi connectivity index (χ4v) is 4.21. The first-order chi connectivity index (χ1) is 10.6. The van der Waals surface area contributed by atoms with Crippen molar-refractivity contribution in [2.45, 2.75) is 32.1 Å². The van der Waals surface area contributed by atoms with E-state index in [9.17, 15) is 13.2 Å². The molecule has 8 heteroatoms. The largest absolute Gasteiger partial charge is 0.330 e. The first-order valence-electron chi connectivity index (χ1n) is 7.66. The lowest BCUT2D eigenvalue weighted by Gasteiger charge is -2.28. The summed E-state index contributed by atoms with van der Waals surface area (Å²) in [6.07, 6.45) is 0.677. The fourth-order valence-electron chi connectivity index (χ4n) is 2.80. The minimum absolute atomic E-state index is 0. The van der Waals surface area contributed by atoms with Crippen LogP contribution in [0.5, 0.6) is 0 Å². The standard InChI is InChI=1S/C16H25N3O3S.ClH/c1-12(20)19-8-7-13-9-14(5-6-15(13)19)23(21,22)18(4)11-16(2,3)10-17;/h5-6,9H,7-8,10-11,17H2,1-4H3;1H. The highest BCUT2D eigenvalue weighted by Crippen LogP contribution is 2.31. The average Bonchev–Trinajstić information content (AvgIpc) is 2.89. The molecule has 2 rings (SSSR count). The summed E-state index contributed by atoms with van der Waals surface area (Å²) in [6, 6.07) is 4.97. The third-order valence-corrected chi connectivity index (χ3v) is 6.04. The summed E-state index contributed by atoms with van der Waals surface area (Å²) >= 11 is 0. The van der Waals surface area contributed by atoms with Crippen LogP contribution in [0, 0.1) is 5.41 Å². The van der Waals surface area contributed by atoms with E-state index in [0.29, 0.717) is 26.1 Å². The highest BCUT2D eigenvalue weighted by atomic mass is 35.5. The summed E-state index contributed by atoms with van der Waals surface area (Å²) in [6.45, 7) is 6.75. The molecule has 0 spiro atoms. The molecule has 0 atom stereocenters. The Morgan fingerprint density at radius 2 is 2.00 bits per heavy atom. The molecular weight excluding hydrogens is 350 g/mol. The van der Waals surface area contributed by atoms with Gasteiger partial charge in [-0.1, -0.05) is 13.8 Å². The van der Waals surface area contributed by atoms with Crippen molar-refractivity contribution >= 4 is 34.0 Å². The molecule has 24 heavy (non-hydrogen) atoms. The third-order valence-electron chi connectivity index (χ3n) is 4.24. The number of sulfonamides is 1. The molecule has 0 aromatic heterocycles. The van der Waals surface area contributed by atoms with Crippen molar-refractivity contribution in [3.8, 4) is 0 Å². The number of hydrogen-bond donors (Lipinski definition) is 1. The number of halogens is 1. The molecule has 0 fully saturated rings. The topological polar surface area (TPSA) is 83.7 Å². The average molecular weight is 376 g/mol. The molecule has 0 aliphatic carbocycles. The smallest absolute Gasteiger partial charge is 0.242 e. The number of hydrogen-bond acceptors (Lipinski definition) is 4. The van der Waals surface area contributed by atoms with Gasteiger partial charge in [0, 0.05) is 32.7 Å². The number of rotatable bonds is 5. The Labute approximate surface area is 150 Å². The van der Waals surface area contributed by atoms with E-state index in [1.54, 1.807) is 30.1 Å². The summed E-state index contributed by atoms with van der Waals surface area (Å²) in [7, 11) is -2.00. The molecule has 1 amide bonds. The Hall–Kier alpha value is -1.15. The zero-order valence-corrected chi connectivity index (χ0v) is 16.2. The number of nitrogens with two attached hydrogens (primary N) is 1. The number of anilines is 1. The molecular formula is C16H26ClN3O3S. The Balaban J connectivity index is 0.00000288. The minimum Gasteiger partial charge on any atom is -0.330 e. The second kappa shape index (κ2) is 7.39. The molecule has 2 N–H and O–H groups in total. The lowest BCUT2D eigenvalue weighted by molar-refractivity contribution is -0.116. The van der Waals surface area contributed by atoms with E-state index in [2.05, 4.69) is 0 Å². The molecule has 1 aromatic carbocycles. The van der Waals surface area contributed by atoms with Crippen molar-refractivity contribution in [1.29, 1.82) is 0 Å². The molecule has 0 radical (unpaired) electrons. The maximum atomic E-state index is 12.7. The zero-order chi connectivity index (χ0) is 17.4. The number of fused-ring (bicyclic) bond motifs is 1. The van der Waals surface area contributed by atoms with E-state index in [1.165, 1.54) is 11.2 Å². The molecule has 6 nitrogen and oxygen atoms in total. The summed E-state index contributed by atoms with van der Waals surface area (Å²) in [5, 5.41) is 0. The van der Waals surface area contributed by atoms with Gasteiger partial charge in [0.25, 0.3) is 0 Å². The van der Waals surface area contributed by atoms with E-state index in [-0.39, 0.29) is 28.6 Å². The Kier molecular flexibility index (Phi) is 6.43. The lowest BCUT2D eigenvalue weighted by atomic mass is 9.94. The molecule has 0 unspecified atom stereocenters. The molecule has 0 bridgehead atoms. The Morgan fingerprint density at radius 1 is 1.38 bits per heavy atom. The fraction of sp³-hybridized carbons (Fsp3) is 0.562. The predicted molar refractivity (Wildman–Crippen MR) is 98.1 cm³/mol. The van der Waals surface area contributed by atoms with Gasteiger partial charge >= 0.3 is 0 Å². The van der Waals surface area contributed by atoms with E-state index >= 15 is 0 Å². The van der Waals surface area contributed by atoms with Crippen molar-refractivity contribution in [3.63, 3.8) is 0 Å². The second-order valence-electron chi connectivity index (χ2n) is 6.84. The van der Waals surface area contributed by atoms with Crippen LogP contribution in [0.3, 0.4) is 0 Å². The van der Waals surface area contributed by atoms with Crippen LogP contribution in [-0.2, 0) is 21.2 Å². The minimum atomic E-state index is -3.57. The van der Waals surface area contributed by atoms with Gasteiger partial charge in [0.1, 0.15) is 0 Å². The first kappa shape index (κ1) is 20.9. The summed E-state index contributed by atoms with van der Waals surface area (Å²) in [5.74, 6) is -0.0267. The van der Waals surface area contributed by atoms with Crippen LogP contribution in [0.2, 0.25) is 0 Å². The second-order valence-corrected chi connectivity index (χ2v) is 8.89. The van der Waals surface area contributed by atoms with Gasteiger partial charge in [-0.25, -0.2) is 12.7 Å². The molecule has 1 aliphatic rings. The normalized spacial score (nSPS) is 14.5. The van der Waals surface area contributed by atoms with E-state index in [0.717, 1.165) is 11.3 Å². The van der Waals surface area contributed by atoms with Crippen LogP contribution < -0.4 is 10.6 Å². The predicted octanol–water partition coefficient (Wildman–Crippen LogP) is 1.62. The van der Waals surface area contributed by atoms with Gasteiger partial charge in [0.15, 0.2) is 0 Å². The Morgan fingerprint density at radius 3 is 2.54 bits per heavy atom. The quantitative estimate of drug-likeness (QED) is 0.847. The van der Waals surface area contributed by atoms with Crippen LogP contribution in [0.25, 0.3) is 0 Å². The van der Waals surface area contributed by atoms with Crippen molar-refractivity contribution in [3.05, 3.63) is 23.8 Å². The van der Waals surface area contributed by atoms with E-state index in [4.69, 9.17) is 5.73 Å². The number of nitrogens with zero attached hydrogens (tertiary/aromatic N) is 2. The highest BCUT2D eigenvalue weighted by molar-refractivity contribution is 7.89. The summed E-state index contributed by atoms with van der Waals surface area (Å²) < 4.78 is 26.8. The molecule has 1 aromatic rings. The van der Waals surface area contributed by atoms with Crippen molar-refractivity contribution in [1.82, 2.24) is 4.31 Å². The van der Waals surface area contributed by atoms with Crippen LogP contribution in [0.4, 0.5) is 5.69 Å². The van der Waals surface area contributed by atoms with Crippen LogP contribution in [0.15, 0.2) is 23.1 Å². The summed E-state index contributed by atoms with van der Waals surface area (Å²) in [5.41, 5.74) is 7.11. The number of benzene rings is 1. The number of amides is 1. The zero-order valence-electron chi connectivity index (χ0n) is 14.6. The van der Waals surface area contributed by atoms with Crippen molar-refractivity contribution in [2.75, 3.05) is 31.6 Å². The van der Waals surface area contributed by atoms with Crippen LogP contribution in [-0.4, -0.2) is 45.3 Å². The monoisotopic (exact) mass is 375 g/mol. The Bertz CT molecular complexity index is 719. The van der Waals surface area contributed by atoms with Gasteiger partial charge < -0.3 is 10.6 Å². The van der Waals surface area contributed by atoms with Gasteiger partial charge in [0.05, 0.1) is 4.90 Å². The van der Waals surface area contributed by atoms with E-state index < -0.39 is 10.0 Å². The SMILES string of the molecule is CC(=O)N1CCc2cc(S(=O)(=O)N(C)CC(C)(C)CN)ccc21.Cl. The summed E-state index contributed by atoms with van der Waals surface area (Å²) in [4.78, 5) is 13.5. The lowest BCUT2D eigenvalue weighted by Crippen LogP contribution is -2.39. The molecule has 136 valence electrons. The maximum absolute atomic E-state index is 12.7. The van der Waals surface area contributed by atoms with Gasteiger partial charge in [-0.2, -0.15) is 0 Å². The maximum Gasteiger partial charge on any atom is 0.242 e. The third kappa shape index (κ3) is 4.08. The number of carbonyl (C=O) groups is 1.